The predicted octanol–water partition coefficient (Wildman–Crippen LogP) is -1.13. The first-order valence-corrected chi connectivity index (χ1v) is 11.4. The van der Waals surface area contributed by atoms with E-state index in [2.05, 4.69) is 4.74 Å². The highest BCUT2D eigenvalue weighted by Crippen LogP contribution is 2.50. The summed E-state index contributed by atoms with van der Waals surface area (Å²) in [6, 6.07) is 4.56. The minimum Gasteiger partial charge on any atom is -0.480 e. The second-order valence-electron chi connectivity index (χ2n) is 7.52. The maximum Gasteiger partial charge on any atom is 0.349 e. The minimum absolute atomic E-state index is 0.0317. The molecule has 3 aliphatic rings. The van der Waals surface area contributed by atoms with Gasteiger partial charge in [0.15, 0.2) is 0 Å². The van der Waals surface area contributed by atoms with Crippen LogP contribution in [0.15, 0.2) is 30.3 Å². The Kier molecular flexibility index (Phi) is 4.42. The fourth-order valence-electron chi connectivity index (χ4n) is 3.89. The fraction of sp³-hybridized carbons (Fsp3) is 0.412. The number of nitrogens with zero attached hydrogens (tertiary/aromatic N) is 2. The van der Waals surface area contributed by atoms with Gasteiger partial charge in [-0.25, -0.2) is 22.8 Å². The predicted molar refractivity (Wildman–Crippen MR) is 99.5 cm³/mol. The zero-order chi connectivity index (χ0) is 22.2. The van der Waals surface area contributed by atoms with Crippen LogP contribution in [0.4, 0.5) is 0 Å². The standard InChI is InChI=1S/C17H16N2O9S2/c1-17(2)10(14(21)22)18-11(20)9(12(18)29(17)25)19-13(30(19,26)27)16(24)28-15(23)8-6-4-3-5-7-8/h3-7,9-10,12-13H,1-2H3,(H,21,22)/t9-,10+,12-,13?,19?,29?/m1/s1. The molecule has 3 aliphatic heterocycles. The van der Waals surface area contributed by atoms with E-state index in [1.165, 1.54) is 38.1 Å². The van der Waals surface area contributed by atoms with Crippen molar-refractivity contribution in [2.75, 3.05) is 0 Å². The highest BCUT2D eigenvalue weighted by atomic mass is 32.2. The molecule has 6 atom stereocenters. The molecular formula is C17H16N2O9S2. The second-order valence-corrected chi connectivity index (χ2v) is 11.6. The largest absolute Gasteiger partial charge is 0.480 e. The Morgan fingerprint density at radius 2 is 1.77 bits per heavy atom. The Labute approximate surface area is 173 Å². The molecule has 1 amide bonds. The lowest BCUT2D eigenvalue weighted by atomic mass is 9.96. The van der Waals surface area contributed by atoms with Crippen molar-refractivity contribution in [3.05, 3.63) is 35.9 Å². The summed E-state index contributed by atoms with van der Waals surface area (Å²) < 4.78 is 41.3. The fourth-order valence-corrected chi connectivity index (χ4v) is 7.61. The van der Waals surface area contributed by atoms with E-state index in [0.29, 0.717) is 4.31 Å². The average Bonchev–Trinajstić information content (AvgIpc) is 3.17. The Morgan fingerprint density at radius 1 is 1.17 bits per heavy atom. The van der Waals surface area contributed by atoms with Crippen molar-refractivity contribution in [2.24, 2.45) is 0 Å². The number of fused-ring (bicyclic) bond motifs is 1. The number of amides is 1. The van der Waals surface area contributed by atoms with Crippen LogP contribution in [0.3, 0.4) is 0 Å². The lowest BCUT2D eigenvalue weighted by Gasteiger charge is -2.42. The zero-order valence-corrected chi connectivity index (χ0v) is 17.3. The van der Waals surface area contributed by atoms with Gasteiger partial charge in [0, 0.05) is 0 Å². The summed E-state index contributed by atoms with van der Waals surface area (Å²) in [6.45, 7) is 2.82. The molecule has 3 unspecified atom stereocenters. The van der Waals surface area contributed by atoms with Gasteiger partial charge in [-0.3, -0.25) is 9.00 Å². The number of carboxylic acids is 1. The van der Waals surface area contributed by atoms with Crippen LogP contribution in [0, 0.1) is 0 Å². The molecule has 13 heteroatoms. The van der Waals surface area contributed by atoms with Crippen LogP contribution in [-0.2, 0) is 39.9 Å². The number of sulfonamides is 1. The summed E-state index contributed by atoms with van der Waals surface area (Å²) in [4.78, 5) is 49.3. The van der Waals surface area contributed by atoms with E-state index in [0.717, 1.165) is 4.90 Å². The molecule has 3 saturated heterocycles. The molecule has 30 heavy (non-hydrogen) atoms. The van der Waals surface area contributed by atoms with Crippen LogP contribution >= 0.6 is 0 Å². The van der Waals surface area contributed by atoms with Gasteiger partial charge < -0.3 is 14.7 Å². The number of carboxylic acid groups (broad SMARTS) is 1. The molecule has 4 rings (SSSR count). The maximum absolute atomic E-state index is 12.8. The maximum atomic E-state index is 12.8. The van der Waals surface area contributed by atoms with Gasteiger partial charge in [0.1, 0.15) is 17.5 Å². The molecular weight excluding hydrogens is 440 g/mol. The minimum atomic E-state index is -4.28. The first kappa shape index (κ1) is 20.6. The van der Waals surface area contributed by atoms with Crippen LogP contribution in [0.1, 0.15) is 24.2 Å². The number of benzene rings is 1. The van der Waals surface area contributed by atoms with Gasteiger partial charge in [-0.05, 0) is 26.0 Å². The number of β-lactam (4-membered cyclic amide) rings is 1. The average molecular weight is 456 g/mol. The van der Waals surface area contributed by atoms with Gasteiger partial charge in [-0.15, -0.1) is 0 Å². The number of esters is 2. The van der Waals surface area contributed by atoms with E-state index in [9.17, 15) is 36.9 Å². The highest BCUT2D eigenvalue weighted by molar-refractivity contribution is 7.97. The molecule has 1 aromatic carbocycles. The number of hydrogen-bond acceptors (Lipinski definition) is 8. The van der Waals surface area contributed by atoms with Gasteiger partial charge >= 0.3 is 17.9 Å². The van der Waals surface area contributed by atoms with Crippen molar-refractivity contribution in [1.82, 2.24) is 9.21 Å². The molecule has 0 spiro atoms. The van der Waals surface area contributed by atoms with E-state index in [-0.39, 0.29) is 5.56 Å². The number of aliphatic carboxylic acids is 1. The summed E-state index contributed by atoms with van der Waals surface area (Å²) in [5.41, 5.74) is 0.0317. The third kappa shape index (κ3) is 2.65. The number of carbonyl (C=O) groups excluding carboxylic acids is 3. The van der Waals surface area contributed by atoms with Crippen molar-refractivity contribution in [3.8, 4) is 0 Å². The summed E-state index contributed by atoms with van der Waals surface area (Å²) in [5, 5.41) is 6.32. The summed E-state index contributed by atoms with van der Waals surface area (Å²) >= 11 is 0. The van der Waals surface area contributed by atoms with E-state index in [1.54, 1.807) is 6.07 Å². The zero-order valence-electron chi connectivity index (χ0n) is 15.6. The Hall–Kier alpha value is -2.64. The van der Waals surface area contributed by atoms with Gasteiger partial charge in [0.25, 0.3) is 0 Å². The van der Waals surface area contributed by atoms with Gasteiger partial charge in [0.05, 0.1) is 21.1 Å². The topological polar surface area (TPSA) is 155 Å². The molecule has 160 valence electrons. The molecule has 0 aliphatic carbocycles. The van der Waals surface area contributed by atoms with Crippen LogP contribution in [0.2, 0.25) is 0 Å². The van der Waals surface area contributed by atoms with Crippen molar-refractivity contribution in [2.45, 2.75) is 41.4 Å². The number of hydrogen-bond donors (Lipinski definition) is 1. The molecule has 0 saturated carbocycles. The van der Waals surface area contributed by atoms with E-state index >= 15 is 0 Å². The van der Waals surface area contributed by atoms with Crippen LogP contribution in [-0.4, -0.2) is 78.3 Å². The third-order valence-corrected chi connectivity index (χ3v) is 9.38. The lowest BCUT2D eigenvalue weighted by molar-refractivity contribution is -0.162. The first-order chi connectivity index (χ1) is 13.9. The summed E-state index contributed by atoms with van der Waals surface area (Å²) in [6.07, 6.45) is 0. The summed E-state index contributed by atoms with van der Waals surface area (Å²) in [7, 11) is -6.18. The normalized spacial score (nSPS) is 35.1. The van der Waals surface area contributed by atoms with Crippen LogP contribution in [0.25, 0.3) is 0 Å². The van der Waals surface area contributed by atoms with Gasteiger partial charge in [-0.2, -0.15) is 4.31 Å². The molecule has 3 fully saturated rings. The third-order valence-electron chi connectivity index (χ3n) is 5.40. The van der Waals surface area contributed by atoms with Crippen molar-refractivity contribution in [3.63, 3.8) is 0 Å². The summed E-state index contributed by atoms with van der Waals surface area (Å²) in [5.74, 6) is -4.66. The first-order valence-electron chi connectivity index (χ1n) is 8.71. The van der Waals surface area contributed by atoms with Crippen molar-refractivity contribution >= 4 is 44.6 Å². The molecule has 11 nitrogen and oxygen atoms in total. The number of carbonyl (C=O) groups is 4. The van der Waals surface area contributed by atoms with Crippen LogP contribution < -0.4 is 0 Å². The molecule has 0 aromatic heterocycles. The lowest BCUT2D eigenvalue weighted by Crippen LogP contribution is -2.69. The number of ether oxygens (including phenoxy) is 1. The quantitative estimate of drug-likeness (QED) is 0.256. The van der Waals surface area contributed by atoms with Crippen molar-refractivity contribution in [1.29, 1.82) is 0 Å². The number of rotatable bonds is 4. The van der Waals surface area contributed by atoms with E-state index < -0.39 is 72.2 Å². The molecule has 1 N–H and O–H groups in total. The second kappa shape index (κ2) is 6.43. The Balaban J connectivity index is 1.55. The Morgan fingerprint density at radius 3 is 2.33 bits per heavy atom. The molecule has 1 aromatic rings. The van der Waals surface area contributed by atoms with E-state index in [4.69, 9.17) is 0 Å². The molecule has 3 heterocycles. The molecule has 0 bridgehead atoms. The molecule has 0 radical (unpaired) electrons. The van der Waals surface area contributed by atoms with Crippen LogP contribution in [0.5, 0.6) is 0 Å². The van der Waals surface area contributed by atoms with Gasteiger partial charge in [0.2, 0.25) is 21.3 Å². The van der Waals surface area contributed by atoms with Crippen molar-refractivity contribution < 1.29 is 41.6 Å². The smallest absolute Gasteiger partial charge is 0.349 e. The van der Waals surface area contributed by atoms with E-state index in [1.807, 2.05) is 0 Å². The highest BCUT2D eigenvalue weighted by Gasteiger charge is 2.77. The van der Waals surface area contributed by atoms with Gasteiger partial charge in [-0.1, -0.05) is 18.2 Å². The monoisotopic (exact) mass is 456 g/mol. The Bertz CT molecular complexity index is 1120. The SMILES string of the molecule is CC1(C)[C@H](C(=O)O)N2C(=O)[C@@H](N3C(C(=O)OC(=O)c4ccccc4)S3(=O)=O)[C@H]2S1=O.